The average Bonchev–Trinajstić information content (AvgIpc) is 2.97. The van der Waals surface area contributed by atoms with Crippen molar-refractivity contribution in [2.24, 2.45) is 0 Å². The highest BCUT2D eigenvalue weighted by Crippen LogP contribution is 2.35. The highest BCUT2D eigenvalue weighted by molar-refractivity contribution is 7.19. The second kappa shape index (κ2) is 3.88. The zero-order chi connectivity index (χ0) is 13.0. The predicted octanol–water partition coefficient (Wildman–Crippen LogP) is 1.34. The standard InChI is InChI=1S/C12H13N5OS/c1-16-4-3-7-8(5-16)19-11-9(7)10-14-12(18-2)15-17(10)6-13-11/h6H,3-5H2,1-2H3. The van der Waals surface area contributed by atoms with Crippen LogP contribution in [0, 0.1) is 0 Å². The van der Waals surface area contributed by atoms with Crippen LogP contribution in [0.1, 0.15) is 10.4 Å². The molecule has 4 heterocycles. The molecule has 0 N–H and O–H groups in total. The van der Waals surface area contributed by atoms with Crippen LogP contribution in [0.3, 0.4) is 0 Å². The lowest BCUT2D eigenvalue weighted by Gasteiger charge is -2.21. The number of ether oxygens (including phenoxy) is 1. The second-order valence-corrected chi connectivity index (χ2v) is 5.87. The van der Waals surface area contributed by atoms with Crippen LogP contribution in [0.2, 0.25) is 0 Å². The highest BCUT2D eigenvalue weighted by atomic mass is 32.1. The fraction of sp³-hybridized carbons (Fsp3) is 0.417. The Bertz CT molecular complexity index is 777. The minimum Gasteiger partial charge on any atom is -0.466 e. The summed E-state index contributed by atoms with van der Waals surface area (Å²) in [5, 5.41) is 5.38. The molecule has 0 fully saturated rings. The molecular formula is C12H13N5OS. The van der Waals surface area contributed by atoms with Gasteiger partial charge in [-0.25, -0.2) is 4.98 Å². The first-order valence-corrected chi connectivity index (χ1v) is 6.96. The lowest BCUT2D eigenvalue weighted by molar-refractivity contribution is 0.318. The number of methoxy groups -OCH3 is 1. The van der Waals surface area contributed by atoms with Gasteiger partial charge in [-0.1, -0.05) is 0 Å². The topological polar surface area (TPSA) is 55.6 Å². The van der Waals surface area contributed by atoms with Crippen molar-refractivity contribution >= 4 is 27.2 Å². The van der Waals surface area contributed by atoms with Crippen molar-refractivity contribution in [1.29, 1.82) is 0 Å². The Labute approximate surface area is 113 Å². The van der Waals surface area contributed by atoms with Gasteiger partial charge in [0, 0.05) is 18.0 Å². The van der Waals surface area contributed by atoms with Crippen molar-refractivity contribution in [1.82, 2.24) is 24.5 Å². The van der Waals surface area contributed by atoms with Crippen molar-refractivity contribution in [3.05, 3.63) is 16.8 Å². The van der Waals surface area contributed by atoms with Gasteiger partial charge in [0.15, 0.2) is 5.65 Å². The Morgan fingerprint density at radius 1 is 1.42 bits per heavy atom. The van der Waals surface area contributed by atoms with Crippen LogP contribution in [0.4, 0.5) is 0 Å². The van der Waals surface area contributed by atoms with E-state index >= 15 is 0 Å². The zero-order valence-corrected chi connectivity index (χ0v) is 11.6. The summed E-state index contributed by atoms with van der Waals surface area (Å²) in [6, 6.07) is 0.391. The fourth-order valence-corrected chi connectivity index (χ4v) is 3.85. The fourth-order valence-electron chi connectivity index (χ4n) is 2.59. The Kier molecular flexibility index (Phi) is 2.27. The molecule has 19 heavy (non-hydrogen) atoms. The monoisotopic (exact) mass is 275 g/mol. The molecule has 0 unspecified atom stereocenters. The van der Waals surface area contributed by atoms with E-state index in [2.05, 4.69) is 27.0 Å². The van der Waals surface area contributed by atoms with E-state index < -0.39 is 0 Å². The SMILES string of the molecule is COc1nc2c3c4c(sc3ncn2n1)CN(C)CC4. The highest BCUT2D eigenvalue weighted by Gasteiger charge is 2.22. The van der Waals surface area contributed by atoms with Crippen molar-refractivity contribution in [2.75, 3.05) is 20.7 Å². The van der Waals surface area contributed by atoms with Crippen LogP contribution in [-0.4, -0.2) is 45.2 Å². The number of thiophene rings is 1. The summed E-state index contributed by atoms with van der Waals surface area (Å²) >= 11 is 1.76. The molecule has 0 bridgehead atoms. The lowest BCUT2D eigenvalue weighted by atomic mass is 10.1. The van der Waals surface area contributed by atoms with Crippen molar-refractivity contribution in [3.8, 4) is 6.01 Å². The Morgan fingerprint density at radius 3 is 3.16 bits per heavy atom. The molecule has 4 rings (SSSR count). The number of hydrogen-bond donors (Lipinski definition) is 0. The van der Waals surface area contributed by atoms with E-state index in [1.54, 1.807) is 29.3 Å². The second-order valence-electron chi connectivity index (χ2n) is 4.78. The van der Waals surface area contributed by atoms with E-state index in [4.69, 9.17) is 4.74 Å². The summed E-state index contributed by atoms with van der Waals surface area (Å²) in [5.41, 5.74) is 2.23. The van der Waals surface area contributed by atoms with Gasteiger partial charge in [0.25, 0.3) is 0 Å². The Hall–Kier alpha value is -1.73. The molecule has 1 aliphatic heterocycles. The first-order valence-electron chi connectivity index (χ1n) is 6.14. The third-order valence-electron chi connectivity index (χ3n) is 3.53. The largest absolute Gasteiger partial charge is 0.466 e. The number of nitrogens with zero attached hydrogens (tertiary/aromatic N) is 5. The molecule has 6 nitrogen and oxygen atoms in total. The predicted molar refractivity (Wildman–Crippen MR) is 72.8 cm³/mol. The van der Waals surface area contributed by atoms with E-state index in [1.165, 1.54) is 10.4 Å². The van der Waals surface area contributed by atoms with Gasteiger partial charge in [-0.3, -0.25) is 0 Å². The molecule has 3 aromatic heterocycles. The zero-order valence-electron chi connectivity index (χ0n) is 10.8. The number of rotatable bonds is 1. The summed E-state index contributed by atoms with van der Waals surface area (Å²) in [4.78, 5) is 13.7. The maximum absolute atomic E-state index is 5.11. The molecule has 0 radical (unpaired) electrons. The molecule has 1 aliphatic rings. The van der Waals surface area contributed by atoms with Crippen molar-refractivity contribution in [2.45, 2.75) is 13.0 Å². The Morgan fingerprint density at radius 2 is 2.32 bits per heavy atom. The third-order valence-corrected chi connectivity index (χ3v) is 4.66. The Balaban J connectivity index is 2.06. The molecule has 0 atom stereocenters. The normalized spacial score (nSPS) is 16.1. The first-order chi connectivity index (χ1) is 9.26. The summed E-state index contributed by atoms with van der Waals surface area (Å²) in [7, 11) is 3.73. The first kappa shape index (κ1) is 11.1. The van der Waals surface area contributed by atoms with Gasteiger partial charge in [0.1, 0.15) is 11.2 Å². The minimum atomic E-state index is 0.391. The smallest absolute Gasteiger partial charge is 0.336 e. The van der Waals surface area contributed by atoms with Gasteiger partial charge in [-0.2, -0.15) is 9.50 Å². The molecule has 0 aromatic carbocycles. The molecule has 98 valence electrons. The molecule has 0 amide bonds. The van der Waals surface area contributed by atoms with E-state index in [9.17, 15) is 0 Å². The molecule has 0 spiro atoms. The van der Waals surface area contributed by atoms with Gasteiger partial charge < -0.3 is 9.64 Å². The summed E-state index contributed by atoms with van der Waals surface area (Å²) in [6.45, 7) is 2.07. The maximum Gasteiger partial charge on any atom is 0.336 e. The number of hydrogen-bond acceptors (Lipinski definition) is 6. The average molecular weight is 275 g/mol. The minimum absolute atomic E-state index is 0.391. The summed E-state index contributed by atoms with van der Waals surface area (Å²) in [5.74, 6) is 0. The molecule has 7 heteroatoms. The van der Waals surface area contributed by atoms with Gasteiger partial charge >= 0.3 is 6.01 Å². The van der Waals surface area contributed by atoms with Crippen LogP contribution < -0.4 is 4.74 Å². The lowest BCUT2D eigenvalue weighted by Crippen LogP contribution is -2.25. The van der Waals surface area contributed by atoms with Crippen LogP contribution in [-0.2, 0) is 13.0 Å². The van der Waals surface area contributed by atoms with Gasteiger partial charge in [-0.05, 0) is 19.0 Å². The van der Waals surface area contributed by atoms with Crippen LogP contribution in [0.15, 0.2) is 6.33 Å². The van der Waals surface area contributed by atoms with E-state index in [-0.39, 0.29) is 0 Å². The molecular weight excluding hydrogens is 262 g/mol. The molecule has 0 saturated carbocycles. The summed E-state index contributed by atoms with van der Waals surface area (Å²) < 4.78 is 6.81. The van der Waals surface area contributed by atoms with Gasteiger partial charge in [0.2, 0.25) is 0 Å². The number of aromatic nitrogens is 4. The van der Waals surface area contributed by atoms with Crippen LogP contribution in [0.25, 0.3) is 15.9 Å². The molecule has 0 aliphatic carbocycles. The van der Waals surface area contributed by atoms with Gasteiger partial charge in [0.05, 0.1) is 12.5 Å². The van der Waals surface area contributed by atoms with Crippen LogP contribution >= 0.6 is 11.3 Å². The summed E-state index contributed by atoms with van der Waals surface area (Å²) in [6.07, 6.45) is 2.75. The molecule has 0 saturated heterocycles. The van der Waals surface area contributed by atoms with E-state index in [0.29, 0.717) is 6.01 Å². The quantitative estimate of drug-likeness (QED) is 0.670. The number of fused-ring (bicyclic) bond motifs is 5. The number of likely N-dealkylation sites (N-methyl/N-ethyl adjacent to an activating group) is 1. The molecule has 3 aromatic rings. The maximum atomic E-state index is 5.11. The van der Waals surface area contributed by atoms with E-state index in [0.717, 1.165) is 35.4 Å². The third kappa shape index (κ3) is 1.55. The van der Waals surface area contributed by atoms with Crippen LogP contribution in [0.5, 0.6) is 6.01 Å². The van der Waals surface area contributed by atoms with Gasteiger partial charge in [-0.15, -0.1) is 16.4 Å². The van der Waals surface area contributed by atoms with Crippen molar-refractivity contribution in [3.63, 3.8) is 0 Å². The van der Waals surface area contributed by atoms with Crippen molar-refractivity contribution < 1.29 is 4.74 Å². The van der Waals surface area contributed by atoms with E-state index in [1.807, 2.05) is 0 Å².